The maximum Gasteiger partial charge on any atom is 0.280 e. The van der Waals surface area contributed by atoms with Gasteiger partial charge in [-0.3, -0.25) is 9.59 Å². The van der Waals surface area contributed by atoms with Gasteiger partial charge in [0.15, 0.2) is 5.69 Å². The number of benzene rings is 3. The number of halogens is 1. The molecule has 0 fully saturated rings. The Balaban J connectivity index is 1.55. The van der Waals surface area contributed by atoms with Gasteiger partial charge in [0.2, 0.25) is 5.43 Å². The topological polar surface area (TPSA) is 86.4 Å². The summed E-state index contributed by atoms with van der Waals surface area (Å²) in [6.45, 7) is 1.74. The van der Waals surface area contributed by atoms with Gasteiger partial charge >= 0.3 is 0 Å². The highest BCUT2D eigenvalue weighted by atomic mass is 35.5. The van der Waals surface area contributed by atoms with Crippen molar-refractivity contribution in [2.45, 2.75) is 6.92 Å². The fraction of sp³-hybridized carbons (Fsp3) is 0.0800. The lowest BCUT2D eigenvalue weighted by molar-refractivity contribution is 0.101. The molecule has 33 heavy (non-hydrogen) atoms. The number of anilines is 1. The molecule has 0 atom stereocenters. The van der Waals surface area contributed by atoms with Crippen molar-refractivity contribution in [2.24, 2.45) is 0 Å². The first-order valence-corrected chi connectivity index (χ1v) is 10.5. The fourth-order valence-electron chi connectivity index (χ4n) is 3.75. The smallest absolute Gasteiger partial charge is 0.280 e. The van der Waals surface area contributed by atoms with Gasteiger partial charge in [0.05, 0.1) is 18.5 Å². The Morgan fingerprint density at radius 2 is 1.79 bits per heavy atom. The number of hydrogen-bond donors (Lipinski definition) is 1. The first kappa shape index (κ1) is 20.8. The Labute approximate surface area is 193 Å². The van der Waals surface area contributed by atoms with Gasteiger partial charge in [-0.15, -0.1) is 0 Å². The molecule has 0 saturated carbocycles. The second-order valence-electron chi connectivity index (χ2n) is 7.49. The minimum atomic E-state index is -0.656. The fourth-order valence-corrected chi connectivity index (χ4v) is 3.87. The minimum Gasteiger partial charge on any atom is -0.495 e. The maximum atomic E-state index is 13.1. The number of carbonyl (C=O) groups excluding carboxylic acids is 1. The summed E-state index contributed by atoms with van der Waals surface area (Å²) in [4.78, 5) is 25.7. The number of nitrogens with zero attached hydrogens (tertiary/aromatic N) is 2. The molecule has 0 saturated heterocycles. The molecule has 5 aromatic rings. The van der Waals surface area contributed by atoms with Crippen LogP contribution in [0.4, 0.5) is 5.69 Å². The van der Waals surface area contributed by atoms with Gasteiger partial charge in [0, 0.05) is 33.6 Å². The molecule has 0 radical (unpaired) electrons. The molecule has 3 aromatic carbocycles. The van der Waals surface area contributed by atoms with Crippen LogP contribution < -0.4 is 15.5 Å². The predicted molar refractivity (Wildman–Crippen MR) is 128 cm³/mol. The van der Waals surface area contributed by atoms with Crippen molar-refractivity contribution in [3.05, 3.63) is 93.4 Å². The molecular weight excluding hydrogens is 442 g/mol. The molecule has 2 aromatic heterocycles. The number of nitrogens with one attached hydrogen (secondary N) is 1. The van der Waals surface area contributed by atoms with Crippen molar-refractivity contribution < 1.29 is 13.9 Å². The van der Waals surface area contributed by atoms with Crippen molar-refractivity contribution >= 4 is 45.1 Å². The number of aromatic nitrogens is 2. The number of fused-ring (bicyclic) bond motifs is 3. The normalized spacial score (nSPS) is 11.1. The van der Waals surface area contributed by atoms with E-state index < -0.39 is 11.3 Å². The molecule has 0 unspecified atom stereocenters. The molecule has 0 aliphatic carbocycles. The SMILES string of the molecule is COc1cc2c(cc1NC(=O)c1nn(-c3ccc(Cl)cc3)c(C)cc1=O)oc1ccccc12. The summed E-state index contributed by atoms with van der Waals surface area (Å²) in [6.07, 6.45) is 0. The van der Waals surface area contributed by atoms with Crippen LogP contribution in [0.25, 0.3) is 27.6 Å². The summed E-state index contributed by atoms with van der Waals surface area (Å²) < 4.78 is 12.9. The van der Waals surface area contributed by atoms with Gasteiger partial charge in [0.1, 0.15) is 16.9 Å². The molecule has 164 valence electrons. The summed E-state index contributed by atoms with van der Waals surface area (Å²) in [5.74, 6) is -0.219. The van der Waals surface area contributed by atoms with Gasteiger partial charge in [-0.05, 0) is 43.3 Å². The predicted octanol–water partition coefficient (Wildman–Crippen LogP) is 5.35. The zero-order valence-corrected chi connectivity index (χ0v) is 18.5. The zero-order valence-electron chi connectivity index (χ0n) is 17.8. The minimum absolute atomic E-state index is 0.248. The van der Waals surface area contributed by atoms with Gasteiger partial charge in [-0.1, -0.05) is 29.8 Å². The van der Waals surface area contributed by atoms with E-state index in [4.69, 9.17) is 20.8 Å². The molecular formula is C25H18ClN3O4. The van der Waals surface area contributed by atoms with Crippen molar-refractivity contribution in [3.63, 3.8) is 0 Å². The molecule has 0 spiro atoms. The standard InChI is InChI=1S/C25H18ClN3O4/c1-14-11-20(30)24(28-29(14)16-9-7-15(26)8-10-16)25(31)27-19-13-22-18(12-23(19)32-2)17-5-3-4-6-21(17)33-22/h3-13H,1-2H3,(H,27,31). The van der Waals surface area contributed by atoms with E-state index in [1.54, 1.807) is 43.3 Å². The van der Waals surface area contributed by atoms with E-state index in [2.05, 4.69) is 10.4 Å². The Bertz CT molecular complexity index is 1590. The highest BCUT2D eigenvalue weighted by molar-refractivity contribution is 6.30. The molecule has 0 aliphatic rings. The highest BCUT2D eigenvalue weighted by Gasteiger charge is 2.19. The summed E-state index contributed by atoms with van der Waals surface area (Å²) in [5.41, 5.74) is 2.20. The van der Waals surface area contributed by atoms with Crippen molar-refractivity contribution in [1.29, 1.82) is 0 Å². The van der Waals surface area contributed by atoms with E-state index >= 15 is 0 Å². The lowest BCUT2D eigenvalue weighted by atomic mass is 10.1. The second kappa shape index (κ2) is 8.11. The van der Waals surface area contributed by atoms with Crippen LogP contribution in [0.15, 0.2) is 75.9 Å². The average molecular weight is 460 g/mol. The Morgan fingerprint density at radius 3 is 2.55 bits per heavy atom. The van der Waals surface area contributed by atoms with E-state index in [9.17, 15) is 9.59 Å². The van der Waals surface area contributed by atoms with Gasteiger partial charge in [0.25, 0.3) is 5.91 Å². The van der Waals surface area contributed by atoms with E-state index in [0.717, 1.165) is 16.4 Å². The summed E-state index contributed by atoms with van der Waals surface area (Å²) in [5, 5.41) is 9.42. The molecule has 7 nitrogen and oxygen atoms in total. The molecule has 0 aliphatic heterocycles. The third-order valence-electron chi connectivity index (χ3n) is 5.34. The summed E-state index contributed by atoms with van der Waals surface area (Å²) in [7, 11) is 1.51. The molecule has 1 N–H and O–H groups in total. The van der Waals surface area contributed by atoms with Crippen molar-refractivity contribution in [2.75, 3.05) is 12.4 Å². The molecule has 1 amide bonds. The number of methoxy groups -OCH3 is 1. The largest absolute Gasteiger partial charge is 0.495 e. The van der Waals surface area contributed by atoms with Crippen LogP contribution in [-0.2, 0) is 0 Å². The quantitative estimate of drug-likeness (QED) is 0.391. The first-order valence-electron chi connectivity index (χ1n) is 10.1. The Morgan fingerprint density at radius 1 is 1.03 bits per heavy atom. The Kier molecular flexibility index (Phi) is 5.11. The summed E-state index contributed by atoms with van der Waals surface area (Å²) in [6, 6.07) is 19.4. The van der Waals surface area contributed by atoms with E-state index in [-0.39, 0.29) is 5.69 Å². The number of hydrogen-bond acceptors (Lipinski definition) is 5. The number of furan rings is 1. The van der Waals surface area contributed by atoms with E-state index in [1.165, 1.54) is 17.9 Å². The second-order valence-corrected chi connectivity index (χ2v) is 7.92. The third-order valence-corrected chi connectivity index (χ3v) is 5.59. The van der Waals surface area contributed by atoms with Crippen LogP contribution in [0, 0.1) is 6.92 Å². The van der Waals surface area contributed by atoms with Crippen LogP contribution in [0.3, 0.4) is 0 Å². The number of amides is 1. The molecule has 0 bridgehead atoms. The lowest BCUT2D eigenvalue weighted by Gasteiger charge is -2.13. The Hall–Kier alpha value is -4.10. The van der Waals surface area contributed by atoms with E-state index in [0.29, 0.717) is 33.4 Å². The maximum absolute atomic E-state index is 13.1. The number of ether oxygens (including phenoxy) is 1. The number of aryl methyl sites for hydroxylation is 1. The monoisotopic (exact) mass is 459 g/mol. The van der Waals surface area contributed by atoms with Crippen molar-refractivity contribution in [1.82, 2.24) is 9.78 Å². The van der Waals surface area contributed by atoms with Crippen LogP contribution >= 0.6 is 11.6 Å². The van der Waals surface area contributed by atoms with Gasteiger partial charge in [-0.25, -0.2) is 4.68 Å². The highest BCUT2D eigenvalue weighted by Crippen LogP contribution is 2.36. The van der Waals surface area contributed by atoms with Crippen molar-refractivity contribution in [3.8, 4) is 11.4 Å². The van der Waals surface area contributed by atoms with Crippen LogP contribution in [-0.4, -0.2) is 22.8 Å². The van der Waals surface area contributed by atoms with Crippen LogP contribution in [0.5, 0.6) is 5.75 Å². The number of para-hydroxylation sites is 1. The zero-order chi connectivity index (χ0) is 23.1. The molecule has 8 heteroatoms. The van der Waals surface area contributed by atoms with E-state index in [1.807, 2.05) is 24.3 Å². The first-order chi connectivity index (χ1) is 15.9. The van der Waals surface area contributed by atoms with Gasteiger partial charge in [-0.2, -0.15) is 5.10 Å². The number of carbonyl (C=O) groups is 1. The number of rotatable bonds is 4. The lowest BCUT2D eigenvalue weighted by Crippen LogP contribution is -2.27. The third kappa shape index (κ3) is 3.72. The molecule has 5 rings (SSSR count). The van der Waals surface area contributed by atoms with Gasteiger partial charge < -0.3 is 14.5 Å². The molecule has 2 heterocycles. The van der Waals surface area contributed by atoms with Crippen LogP contribution in [0.2, 0.25) is 5.02 Å². The average Bonchev–Trinajstić information content (AvgIpc) is 3.16. The summed E-state index contributed by atoms with van der Waals surface area (Å²) >= 11 is 5.97. The van der Waals surface area contributed by atoms with Crippen LogP contribution in [0.1, 0.15) is 16.2 Å².